The number of esters is 1. The molecule has 518 valence electrons. The fourth-order valence-corrected chi connectivity index (χ4v) is 8.54. The average Bonchev–Trinajstić information content (AvgIpc) is 1.66. The van der Waals surface area contributed by atoms with Gasteiger partial charge in [-0.2, -0.15) is 0 Å². The van der Waals surface area contributed by atoms with Crippen LogP contribution in [-0.4, -0.2) is 298 Å². The molecule has 0 aliphatic carbocycles. The summed E-state index contributed by atoms with van der Waals surface area (Å²) in [5.74, 6) is -0.526. The van der Waals surface area contributed by atoms with Gasteiger partial charge in [-0.3, -0.25) is 4.79 Å². The van der Waals surface area contributed by atoms with Gasteiger partial charge in [0, 0.05) is 23.6 Å². The first-order chi connectivity index (χ1) is 44.9. The summed E-state index contributed by atoms with van der Waals surface area (Å²) in [5.41, 5.74) is 0.678. The first-order valence-electron chi connectivity index (χ1n) is 31.3. The molecule has 2 aliphatic rings. The molecule has 5 rings (SSSR count). The fraction of sp³-hybridized carbons (Fsp3) is 0.742. The van der Waals surface area contributed by atoms with Crippen molar-refractivity contribution in [2.24, 2.45) is 0 Å². The molecule has 29 nitrogen and oxygen atoms in total. The molecule has 1 N–H and O–H groups in total. The Balaban J connectivity index is 0.655. The number of cyclic esters (lactones) is 1. The predicted molar refractivity (Wildman–Crippen MR) is 324 cm³/mol. The fourth-order valence-electron chi connectivity index (χ4n) is 8.54. The zero-order valence-electron chi connectivity index (χ0n) is 53.2. The van der Waals surface area contributed by atoms with E-state index in [1.54, 1.807) is 42.9 Å². The lowest BCUT2D eigenvalue weighted by atomic mass is 9.86. The van der Waals surface area contributed by atoms with Crippen molar-refractivity contribution in [1.29, 1.82) is 0 Å². The van der Waals surface area contributed by atoms with E-state index in [0.29, 0.717) is 273 Å². The Morgan fingerprint density at radius 3 is 1.13 bits per heavy atom. The van der Waals surface area contributed by atoms with E-state index in [-0.39, 0.29) is 55.2 Å². The number of methoxy groups -OCH3 is 1. The number of nitrogens with zero attached hydrogens (tertiary/aromatic N) is 2. The number of carbonyl (C=O) groups excluding carboxylic acids is 2. The quantitative estimate of drug-likeness (QED) is 0.0377. The van der Waals surface area contributed by atoms with E-state index < -0.39 is 17.7 Å². The minimum Gasteiger partial charge on any atom is -0.458 e. The number of hydrogen-bond acceptors (Lipinski definition) is 28. The Bertz CT molecular complexity index is 2420. The predicted octanol–water partition coefficient (Wildman–Crippen LogP) is 2.56. The number of carbonyl (C=O) groups is 2. The Morgan fingerprint density at radius 2 is 0.802 bits per heavy atom. The van der Waals surface area contributed by atoms with E-state index in [1.807, 2.05) is 6.07 Å². The van der Waals surface area contributed by atoms with Crippen LogP contribution >= 0.6 is 0 Å². The van der Waals surface area contributed by atoms with Gasteiger partial charge in [-0.15, -0.1) is 0 Å². The van der Waals surface area contributed by atoms with E-state index in [2.05, 4.69) is 0 Å². The second-order valence-corrected chi connectivity index (χ2v) is 19.8. The molecule has 0 fully saturated rings. The lowest BCUT2D eigenvalue weighted by molar-refractivity contribution is -0.172. The number of benzene rings is 1. The molecule has 2 aromatic heterocycles. The van der Waals surface area contributed by atoms with Crippen LogP contribution in [0.15, 0.2) is 35.1 Å². The summed E-state index contributed by atoms with van der Waals surface area (Å²) >= 11 is 0. The van der Waals surface area contributed by atoms with Crippen molar-refractivity contribution in [1.82, 2.24) is 9.55 Å². The van der Waals surface area contributed by atoms with Crippen LogP contribution in [0.1, 0.15) is 30.0 Å². The van der Waals surface area contributed by atoms with Crippen LogP contribution in [0, 0.1) is 0 Å². The Morgan fingerprint density at radius 1 is 0.473 bits per heavy atom. The first kappa shape index (κ1) is 77.2. The topological polar surface area (TPSA) is 302 Å². The molecule has 2 aliphatic heterocycles. The van der Waals surface area contributed by atoms with Gasteiger partial charge < -0.3 is 119 Å². The van der Waals surface area contributed by atoms with Gasteiger partial charge in [-0.25, -0.2) is 14.6 Å². The van der Waals surface area contributed by atoms with Gasteiger partial charge in [0.1, 0.15) is 19.0 Å². The second-order valence-electron chi connectivity index (χ2n) is 19.8. The molecule has 0 unspecified atom stereocenters. The maximum absolute atomic E-state index is 13.4. The Kier molecular flexibility index (Phi) is 43.2. The van der Waals surface area contributed by atoms with Crippen LogP contribution in [0.4, 0.5) is 4.79 Å². The van der Waals surface area contributed by atoms with Gasteiger partial charge >= 0.3 is 12.1 Å². The molecule has 0 saturated heterocycles. The molecule has 91 heavy (non-hydrogen) atoms. The summed E-state index contributed by atoms with van der Waals surface area (Å²) < 4.78 is 127. The molecule has 4 heterocycles. The summed E-state index contributed by atoms with van der Waals surface area (Å²) in [7, 11) is 1.64. The molecular weight excluding hydrogens is 1200 g/mol. The van der Waals surface area contributed by atoms with Gasteiger partial charge in [-0.05, 0) is 36.8 Å². The largest absolute Gasteiger partial charge is 0.513 e. The van der Waals surface area contributed by atoms with Gasteiger partial charge in [0.25, 0.3) is 5.56 Å². The van der Waals surface area contributed by atoms with Gasteiger partial charge in [0.15, 0.2) is 5.60 Å². The van der Waals surface area contributed by atoms with E-state index in [4.69, 9.17) is 114 Å². The van der Waals surface area contributed by atoms with Crippen molar-refractivity contribution in [2.45, 2.75) is 32.1 Å². The second kappa shape index (κ2) is 50.9. The van der Waals surface area contributed by atoms with Crippen LogP contribution in [0.3, 0.4) is 0 Å². The lowest BCUT2D eigenvalue weighted by Crippen LogP contribution is -2.44. The summed E-state index contributed by atoms with van der Waals surface area (Å²) in [4.78, 5) is 43.1. The summed E-state index contributed by atoms with van der Waals surface area (Å²) in [6.45, 7) is 19.7. The Labute approximate surface area is 532 Å². The number of aromatic nitrogens is 2. The number of ether oxygens (including phenoxy) is 23. The number of hydrogen-bond donors (Lipinski definition) is 1. The highest BCUT2D eigenvalue weighted by Gasteiger charge is 2.45. The van der Waals surface area contributed by atoms with E-state index in [1.165, 1.54) is 0 Å². The molecule has 3 aromatic rings. The smallest absolute Gasteiger partial charge is 0.458 e. The number of aliphatic hydroxyl groups is 1. The zero-order valence-corrected chi connectivity index (χ0v) is 53.2. The highest BCUT2D eigenvalue weighted by molar-refractivity contribution is 5.87. The van der Waals surface area contributed by atoms with Crippen LogP contribution < -0.4 is 10.3 Å². The minimum atomic E-state index is -1.91. The van der Waals surface area contributed by atoms with Gasteiger partial charge in [0.2, 0.25) is 0 Å². The SMILES string of the molecule is CC[C@@]1(O)C(=O)OCc2c1cc1n(c2=O)Cc2cc3cc(OC(=O)OCCOCCOCCOCCOCCOCCOCCOCCOCCOCCOCCOCCOCCOCCOCCOCCOCCOCCOCCOCCOC)ccc3nc2-1. The molecule has 29 heteroatoms. The van der Waals surface area contributed by atoms with Crippen LogP contribution in [-0.2, 0) is 128 Å². The monoisotopic (exact) mass is 1300 g/mol. The molecular formula is C62H98N2O27. The average molecular weight is 1300 g/mol. The summed E-state index contributed by atoms with van der Waals surface area (Å²) in [6.07, 6.45) is -0.837. The van der Waals surface area contributed by atoms with E-state index in [9.17, 15) is 19.5 Å². The summed E-state index contributed by atoms with van der Waals surface area (Å²) in [5, 5.41) is 11.8. The third kappa shape index (κ3) is 32.9. The molecule has 1 aromatic carbocycles. The van der Waals surface area contributed by atoms with Gasteiger partial charge in [-0.1, -0.05) is 6.92 Å². The maximum atomic E-state index is 13.4. The molecule has 0 amide bonds. The van der Waals surface area contributed by atoms with Gasteiger partial charge in [0.05, 0.1) is 287 Å². The van der Waals surface area contributed by atoms with Crippen LogP contribution in [0.5, 0.6) is 5.75 Å². The van der Waals surface area contributed by atoms with Crippen molar-refractivity contribution in [3.63, 3.8) is 0 Å². The number of rotatable bonds is 62. The first-order valence-corrected chi connectivity index (χ1v) is 31.3. The number of pyridine rings is 2. The third-order valence-electron chi connectivity index (χ3n) is 13.3. The highest BCUT2D eigenvalue weighted by atomic mass is 16.7. The third-order valence-corrected chi connectivity index (χ3v) is 13.3. The van der Waals surface area contributed by atoms with Crippen molar-refractivity contribution in [2.75, 3.05) is 271 Å². The zero-order chi connectivity index (χ0) is 64.3. The van der Waals surface area contributed by atoms with E-state index >= 15 is 0 Å². The van der Waals surface area contributed by atoms with E-state index in [0.717, 1.165) is 5.56 Å². The highest BCUT2D eigenvalue weighted by Crippen LogP contribution is 2.39. The summed E-state index contributed by atoms with van der Waals surface area (Å²) in [6, 6.07) is 8.47. The molecule has 1 atom stereocenters. The van der Waals surface area contributed by atoms with Crippen molar-refractivity contribution in [3.05, 3.63) is 57.4 Å². The minimum absolute atomic E-state index is 0.0193. The van der Waals surface area contributed by atoms with Crippen molar-refractivity contribution < 1.29 is 124 Å². The maximum Gasteiger partial charge on any atom is 0.513 e. The van der Waals surface area contributed by atoms with Crippen molar-refractivity contribution in [3.8, 4) is 17.1 Å². The standard InChI is InChI=1S/C62H98N2O27/c1-3-62(68)55-48-57-58-52(49-64(57)59(65)54(55)50-90-60(62)66)46-51-47-53(4-5-56(51)63-58)91-61(67)89-45-44-88-43-42-87-41-40-86-39-38-85-37-36-84-35-34-83-33-32-82-31-30-81-29-28-80-27-26-79-25-24-78-23-22-77-21-20-76-19-18-75-17-16-74-15-14-73-13-12-72-11-10-71-9-8-70-7-6-69-2/h4-5,46-48,68H,3,6-45,49-50H2,1-2H3/t62-/m0/s1. The molecule has 0 bridgehead atoms. The molecule has 0 saturated carbocycles. The molecule has 0 spiro atoms. The number of fused-ring (bicyclic) bond motifs is 5. The van der Waals surface area contributed by atoms with Crippen LogP contribution in [0.25, 0.3) is 22.3 Å². The lowest BCUT2D eigenvalue weighted by Gasteiger charge is -2.31. The Hall–Kier alpha value is -4.52. The van der Waals surface area contributed by atoms with Crippen LogP contribution in [0.2, 0.25) is 0 Å². The molecule has 0 radical (unpaired) electrons. The normalized spacial score (nSPS) is 14.3. The van der Waals surface area contributed by atoms with Crippen molar-refractivity contribution >= 4 is 23.0 Å².